The maximum atomic E-state index is 12.7. The standard InChI is InChI=1S/C14H13F3N4/c15-14(16,17)12-4-6-19-13(20-12)21-7-5-9-2-1-3-11(18)10(9)8-21/h1-4,6H,5,7-8,18H2. The molecule has 0 atom stereocenters. The summed E-state index contributed by atoms with van der Waals surface area (Å²) in [6, 6.07) is 6.52. The molecule has 1 aliphatic heterocycles. The van der Waals surface area contributed by atoms with Crippen molar-refractivity contribution < 1.29 is 13.2 Å². The topological polar surface area (TPSA) is 55.0 Å². The average molecular weight is 294 g/mol. The van der Waals surface area contributed by atoms with Crippen molar-refractivity contribution in [2.24, 2.45) is 0 Å². The molecule has 1 aliphatic rings. The summed E-state index contributed by atoms with van der Waals surface area (Å²) in [4.78, 5) is 9.29. The Labute approximate surface area is 119 Å². The first kappa shape index (κ1) is 13.7. The van der Waals surface area contributed by atoms with Gasteiger partial charge in [0.15, 0.2) is 0 Å². The molecule has 0 bridgehead atoms. The SMILES string of the molecule is Nc1cccc2c1CN(c1nccc(C(F)(F)F)n1)CC2. The van der Waals surface area contributed by atoms with Crippen molar-refractivity contribution in [1.82, 2.24) is 9.97 Å². The molecule has 3 rings (SSSR count). The Hall–Kier alpha value is -2.31. The van der Waals surface area contributed by atoms with Gasteiger partial charge in [-0.05, 0) is 29.7 Å². The zero-order valence-electron chi connectivity index (χ0n) is 11.1. The normalized spacial score (nSPS) is 14.9. The molecule has 1 aromatic heterocycles. The quantitative estimate of drug-likeness (QED) is 0.822. The van der Waals surface area contributed by atoms with Crippen LogP contribution in [-0.4, -0.2) is 16.5 Å². The summed E-state index contributed by atoms with van der Waals surface area (Å²) >= 11 is 0. The lowest BCUT2D eigenvalue weighted by Gasteiger charge is -2.29. The molecule has 4 nitrogen and oxygen atoms in total. The molecule has 21 heavy (non-hydrogen) atoms. The molecule has 2 aromatic rings. The highest BCUT2D eigenvalue weighted by Crippen LogP contribution is 2.30. The molecule has 2 N–H and O–H groups in total. The monoisotopic (exact) mass is 294 g/mol. The third kappa shape index (κ3) is 2.63. The number of alkyl halides is 3. The highest BCUT2D eigenvalue weighted by molar-refractivity contribution is 5.54. The Morgan fingerprint density at radius 2 is 2.00 bits per heavy atom. The van der Waals surface area contributed by atoms with Gasteiger partial charge in [0.1, 0.15) is 5.69 Å². The minimum atomic E-state index is -4.47. The first-order valence-corrected chi connectivity index (χ1v) is 6.46. The van der Waals surface area contributed by atoms with Crippen molar-refractivity contribution in [2.75, 3.05) is 17.2 Å². The van der Waals surface area contributed by atoms with Gasteiger partial charge in [-0.3, -0.25) is 0 Å². The van der Waals surface area contributed by atoms with Gasteiger partial charge in [0, 0.05) is 25.0 Å². The third-order valence-electron chi connectivity index (χ3n) is 3.53. The van der Waals surface area contributed by atoms with Crippen LogP contribution in [-0.2, 0) is 19.1 Å². The fraction of sp³-hybridized carbons (Fsp3) is 0.286. The van der Waals surface area contributed by atoms with E-state index in [-0.39, 0.29) is 5.95 Å². The maximum Gasteiger partial charge on any atom is 0.433 e. The highest BCUT2D eigenvalue weighted by Gasteiger charge is 2.33. The van der Waals surface area contributed by atoms with Crippen LogP contribution in [0.15, 0.2) is 30.5 Å². The summed E-state index contributed by atoms with van der Waals surface area (Å²) in [5.41, 5.74) is 7.70. The predicted molar refractivity (Wildman–Crippen MR) is 72.6 cm³/mol. The van der Waals surface area contributed by atoms with Crippen molar-refractivity contribution in [3.63, 3.8) is 0 Å². The van der Waals surface area contributed by atoms with Crippen LogP contribution in [0.1, 0.15) is 16.8 Å². The maximum absolute atomic E-state index is 12.7. The number of fused-ring (bicyclic) bond motifs is 1. The van der Waals surface area contributed by atoms with Crippen LogP contribution in [0.4, 0.5) is 24.8 Å². The zero-order chi connectivity index (χ0) is 15.0. The number of halogens is 3. The molecular formula is C14H13F3N4. The van der Waals surface area contributed by atoms with Crippen LogP contribution >= 0.6 is 0 Å². The van der Waals surface area contributed by atoms with Crippen LogP contribution in [0.3, 0.4) is 0 Å². The first-order chi connectivity index (χ1) is 9.95. The Kier molecular flexibility index (Phi) is 3.19. The fourth-order valence-electron chi connectivity index (χ4n) is 2.44. The number of hydrogen-bond donors (Lipinski definition) is 1. The van der Waals surface area contributed by atoms with Gasteiger partial charge >= 0.3 is 6.18 Å². The largest absolute Gasteiger partial charge is 0.433 e. The highest BCUT2D eigenvalue weighted by atomic mass is 19.4. The summed E-state index contributed by atoms with van der Waals surface area (Å²) < 4.78 is 38.1. The van der Waals surface area contributed by atoms with Crippen LogP contribution in [0.25, 0.3) is 0 Å². The Balaban J connectivity index is 1.91. The van der Waals surface area contributed by atoms with Gasteiger partial charge in [0.25, 0.3) is 0 Å². The second-order valence-corrected chi connectivity index (χ2v) is 4.90. The second kappa shape index (κ2) is 4.91. The van der Waals surface area contributed by atoms with Crippen LogP contribution in [0.5, 0.6) is 0 Å². The number of rotatable bonds is 1. The van der Waals surface area contributed by atoms with Gasteiger partial charge in [-0.25, -0.2) is 9.97 Å². The molecule has 0 spiro atoms. The summed E-state index contributed by atoms with van der Waals surface area (Å²) in [7, 11) is 0. The van der Waals surface area contributed by atoms with Crippen LogP contribution in [0, 0.1) is 0 Å². The fourth-order valence-corrected chi connectivity index (χ4v) is 2.44. The van der Waals surface area contributed by atoms with E-state index in [2.05, 4.69) is 9.97 Å². The van der Waals surface area contributed by atoms with E-state index < -0.39 is 11.9 Å². The van der Waals surface area contributed by atoms with Crippen LogP contribution in [0.2, 0.25) is 0 Å². The minimum Gasteiger partial charge on any atom is -0.398 e. The van der Waals surface area contributed by atoms with Crippen molar-refractivity contribution in [3.05, 3.63) is 47.3 Å². The lowest BCUT2D eigenvalue weighted by atomic mass is 9.98. The lowest BCUT2D eigenvalue weighted by Crippen LogP contribution is -2.32. The van der Waals surface area contributed by atoms with E-state index in [9.17, 15) is 13.2 Å². The van der Waals surface area contributed by atoms with E-state index in [1.165, 1.54) is 0 Å². The Bertz CT molecular complexity index is 670. The van der Waals surface area contributed by atoms with E-state index >= 15 is 0 Å². The summed E-state index contributed by atoms with van der Waals surface area (Å²) in [5.74, 6) is 0.0822. The van der Waals surface area contributed by atoms with Gasteiger partial charge in [-0.15, -0.1) is 0 Å². The van der Waals surface area contributed by atoms with Crippen molar-refractivity contribution in [3.8, 4) is 0 Å². The molecule has 7 heteroatoms. The first-order valence-electron chi connectivity index (χ1n) is 6.46. The molecule has 0 unspecified atom stereocenters. The number of aromatic nitrogens is 2. The van der Waals surface area contributed by atoms with E-state index in [1.54, 1.807) is 11.0 Å². The molecule has 110 valence electrons. The Morgan fingerprint density at radius 1 is 1.19 bits per heavy atom. The van der Waals surface area contributed by atoms with Gasteiger partial charge < -0.3 is 10.6 Å². The van der Waals surface area contributed by atoms with E-state index in [0.717, 1.165) is 23.4 Å². The molecule has 0 fully saturated rings. The molecule has 0 radical (unpaired) electrons. The molecule has 1 aromatic carbocycles. The smallest absolute Gasteiger partial charge is 0.398 e. The van der Waals surface area contributed by atoms with Gasteiger partial charge in [0.2, 0.25) is 5.95 Å². The Morgan fingerprint density at radius 3 is 2.76 bits per heavy atom. The van der Waals surface area contributed by atoms with Gasteiger partial charge in [-0.1, -0.05) is 12.1 Å². The van der Waals surface area contributed by atoms with E-state index in [4.69, 9.17) is 5.73 Å². The van der Waals surface area contributed by atoms with Crippen molar-refractivity contribution >= 4 is 11.6 Å². The molecular weight excluding hydrogens is 281 g/mol. The molecule has 2 heterocycles. The minimum absolute atomic E-state index is 0.0822. The van der Waals surface area contributed by atoms with Gasteiger partial charge in [0.05, 0.1) is 0 Å². The molecule has 0 aliphatic carbocycles. The second-order valence-electron chi connectivity index (χ2n) is 4.90. The molecule has 0 saturated heterocycles. The average Bonchev–Trinajstić information content (AvgIpc) is 2.47. The molecule has 0 amide bonds. The third-order valence-corrected chi connectivity index (χ3v) is 3.53. The number of anilines is 2. The summed E-state index contributed by atoms with van der Waals surface area (Å²) in [5, 5.41) is 0. The summed E-state index contributed by atoms with van der Waals surface area (Å²) in [6.07, 6.45) is -2.63. The zero-order valence-corrected chi connectivity index (χ0v) is 11.1. The van der Waals surface area contributed by atoms with Gasteiger partial charge in [-0.2, -0.15) is 13.2 Å². The number of nitrogens with zero attached hydrogens (tertiary/aromatic N) is 3. The number of nitrogens with two attached hydrogens (primary N) is 1. The van der Waals surface area contributed by atoms with E-state index in [0.29, 0.717) is 25.2 Å². The van der Waals surface area contributed by atoms with Crippen molar-refractivity contribution in [1.29, 1.82) is 0 Å². The predicted octanol–water partition coefficient (Wildman–Crippen LogP) is 2.64. The number of hydrogen-bond acceptors (Lipinski definition) is 4. The lowest BCUT2D eigenvalue weighted by molar-refractivity contribution is -0.141. The van der Waals surface area contributed by atoms with Crippen molar-refractivity contribution in [2.45, 2.75) is 19.1 Å². The van der Waals surface area contributed by atoms with E-state index in [1.807, 2.05) is 12.1 Å². The van der Waals surface area contributed by atoms with Crippen LogP contribution < -0.4 is 10.6 Å². The molecule has 0 saturated carbocycles. The number of benzene rings is 1. The summed E-state index contributed by atoms with van der Waals surface area (Å²) in [6.45, 7) is 0.987. The number of nitrogen functional groups attached to an aromatic ring is 1.